The topological polar surface area (TPSA) is 75.7 Å². The summed E-state index contributed by atoms with van der Waals surface area (Å²) >= 11 is 6.76. The molecule has 8 heteroatoms. The molecule has 0 spiro atoms. The van der Waals surface area contributed by atoms with Crippen molar-refractivity contribution in [1.82, 2.24) is 5.32 Å². The molecule has 0 aromatic heterocycles. The van der Waals surface area contributed by atoms with Crippen LogP contribution >= 0.6 is 31.9 Å². The monoisotopic (exact) mass is 520 g/mol. The fourth-order valence-electron chi connectivity index (χ4n) is 2.89. The molecule has 1 aliphatic rings. The van der Waals surface area contributed by atoms with Gasteiger partial charge in [-0.25, -0.2) is 9.69 Å². The van der Waals surface area contributed by atoms with Gasteiger partial charge in [-0.3, -0.25) is 14.9 Å². The van der Waals surface area contributed by atoms with Crippen LogP contribution in [0.5, 0.6) is 5.75 Å². The number of nitrogens with one attached hydrogen (secondary N) is 1. The average molecular weight is 522 g/mol. The molecular weight excluding hydrogens is 504 g/mol. The van der Waals surface area contributed by atoms with Gasteiger partial charge in [-0.05, 0) is 68.8 Å². The minimum absolute atomic E-state index is 0.0901. The van der Waals surface area contributed by atoms with Gasteiger partial charge in [0.25, 0.3) is 11.8 Å². The number of carbonyl (C=O) groups is 3. The molecular formula is C21H18Br2N2O4. The zero-order chi connectivity index (χ0) is 21.3. The first-order chi connectivity index (χ1) is 13.7. The lowest BCUT2D eigenvalue weighted by Crippen LogP contribution is -2.54. The highest BCUT2D eigenvalue weighted by atomic mass is 79.9. The van der Waals surface area contributed by atoms with Gasteiger partial charge < -0.3 is 4.74 Å². The van der Waals surface area contributed by atoms with Crippen LogP contribution < -0.4 is 15.0 Å². The first kappa shape index (κ1) is 21.3. The summed E-state index contributed by atoms with van der Waals surface area (Å²) in [7, 11) is 0. The standard InChI is InChI=1S/C21H18Br2N2O4/c1-11(2)29-18-7-5-15(23)9-13(18)10-16-19(26)24-21(28)25(20(16)27)17-6-4-14(22)8-12(17)3/h4-11H,1-3H3,(H,24,26,28)/b16-10-. The molecule has 0 atom stereocenters. The van der Waals surface area contributed by atoms with Crippen LogP contribution in [-0.4, -0.2) is 23.9 Å². The number of halogens is 2. The Kier molecular flexibility index (Phi) is 6.24. The van der Waals surface area contributed by atoms with Crippen molar-refractivity contribution < 1.29 is 19.1 Å². The third kappa shape index (κ3) is 4.59. The number of barbiturate groups is 1. The number of ether oxygens (including phenoxy) is 1. The summed E-state index contributed by atoms with van der Waals surface area (Å²) in [5.74, 6) is -0.916. The molecule has 1 N–H and O–H groups in total. The number of nitrogens with zero attached hydrogens (tertiary/aromatic N) is 1. The minimum atomic E-state index is -0.782. The van der Waals surface area contributed by atoms with Crippen LogP contribution in [0.2, 0.25) is 0 Å². The van der Waals surface area contributed by atoms with E-state index in [2.05, 4.69) is 37.2 Å². The zero-order valence-electron chi connectivity index (χ0n) is 16.0. The lowest BCUT2D eigenvalue weighted by molar-refractivity contribution is -0.122. The normalized spacial score (nSPS) is 15.9. The van der Waals surface area contributed by atoms with Crippen molar-refractivity contribution >= 4 is 61.5 Å². The predicted molar refractivity (Wildman–Crippen MR) is 118 cm³/mol. The maximum Gasteiger partial charge on any atom is 0.335 e. The zero-order valence-corrected chi connectivity index (χ0v) is 19.1. The summed E-state index contributed by atoms with van der Waals surface area (Å²) < 4.78 is 7.37. The number of anilines is 1. The summed E-state index contributed by atoms with van der Waals surface area (Å²) in [4.78, 5) is 39.0. The van der Waals surface area contributed by atoms with Crippen molar-refractivity contribution in [2.45, 2.75) is 26.9 Å². The van der Waals surface area contributed by atoms with Crippen LogP contribution in [0.3, 0.4) is 0 Å². The molecule has 2 aromatic carbocycles. The van der Waals surface area contributed by atoms with Crippen LogP contribution in [0.15, 0.2) is 50.9 Å². The summed E-state index contributed by atoms with van der Waals surface area (Å²) in [6, 6.07) is 9.70. The lowest BCUT2D eigenvalue weighted by Gasteiger charge is -2.27. The highest BCUT2D eigenvalue weighted by molar-refractivity contribution is 9.10. The minimum Gasteiger partial charge on any atom is -0.490 e. The van der Waals surface area contributed by atoms with Gasteiger partial charge in [0.1, 0.15) is 11.3 Å². The Bertz CT molecular complexity index is 1050. The third-order valence-electron chi connectivity index (χ3n) is 4.14. The molecule has 0 saturated carbocycles. The quantitative estimate of drug-likeness (QED) is 0.455. The summed E-state index contributed by atoms with van der Waals surface area (Å²) in [5.41, 5.74) is 1.51. The Hall–Kier alpha value is -2.45. The molecule has 0 aliphatic carbocycles. The van der Waals surface area contributed by atoms with Crippen molar-refractivity contribution in [3.8, 4) is 5.75 Å². The number of hydrogen-bond donors (Lipinski definition) is 1. The van der Waals surface area contributed by atoms with Crippen molar-refractivity contribution in [3.05, 3.63) is 62.0 Å². The van der Waals surface area contributed by atoms with Crippen LogP contribution in [0.25, 0.3) is 6.08 Å². The van der Waals surface area contributed by atoms with Crippen molar-refractivity contribution in [3.63, 3.8) is 0 Å². The molecule has 2 aromatic rings. The van der Waals surface area contributed by atoms with E-state index in [9.17, 15) is 14.4 Å². The van der Waals surface area contributed by atoms with E-state index < -0.39 is 17.8 Å². The Labute approximate surface area is 185 Å². The van der Waals surface area contributed by atoms with Crippen LogP contribution in [-0.2, 0) is 9.59 Å². The van der Waals surface area contributed by atoms with E-state index in [1.807, 2.05) is 19.9 Å². The molecule has 29 heavy (non-hydrogen) atoms. The predicted octanol–water partition coefficient (Wildman–Crippen LogP) is 4.97. The number of benzene rings is 2. The molecule has 0 unspecified atom stereocenters. The van der Waals surface area contributed by atoms with Gasteiger partial charge >= 0.3 is 6.03 Å². The maximum absolute atomic E-state index is 13.1. The first-order valence-electron chi connectivity index (χ1n) is 8.81. The Morgan fingerprint density at radius 3 is 2.34 bits per heavy atom. The van der Waals surface area contributed by atoms with Crippen LogP contribution in [0, 0.1) is 6.92 Å². The van der Waals surface area contributed by atoms with Crippen molar-refractivity contribution in [1.29, 1.82) is 0 Å². The second-order valence-corrected chi connectivity index (χ2v) is 8.57. The van der Waals surface area contributed by atoms with Crippen LogP contribution in [0.1, 0.15) is 25.0 Å². The Morgan fingerprint density at radius 2 is 1.69 bits per heavy atom. The second kappa shape index (κ2) is 8.51. The molecule has 6 nitrogen and oxygen atoms in total. The average Bonchev–Trinajstić information content (AvgIpc) is 2.62. The number of aryl methyl sites for hydroxylation is 1. The number of imide groups is 2. The molecule has 1 aliphatic heterocycles. The van der Waals surface area contributed by atoms with Gasteiger partial charge in [0.2, 0.25) is 0 Å². The number of urea groups is 1. The van der Waals surface area contributed by atoms with Gasteiger partial charge in [0.05, 0.1) is 11.8 Å². The van der Waals surface area contributed by atoms with E-state index >= 15 is 0 Å². The SMILES string of the molecule is Cc1cc(Br)ccc1N1C(=O)NC(=O)/C(=C/c2cc(Br)ccc2OC(C)C)C1=O. The third-order valence-corrected chi connectivity index (χ3v) is 5.12. The van der Waals surface area contributed by atoms with Gasteiger partial charge in [-0.1, -0.05) is 31.9 Å². The summed E-state index contributed by atoms with van der Waals surface area (Å²) in [5, 5.41) is 2.24. The Balaban J connectivity index is 2.08. The van der Waals surface area contributed by atoms with Crippen molar-refractivity contribution in [2.24, 2.45) is 0 Å². The number of rotatable bonds is 4. The van der Waals surface area contributed by atoms with Gasteiger partial charge in [-0.15, -0.1) is 0 Å². The molecule has 0 bridgehead atoms. The number of hydrogen-bond acceptors (Lipinski definition) is 4. The molecule has 4 amide bonds. The molecule has 1 heterocycles. The molecule has 1 fully saturated rings. The van der Waals surface area contributed by atoms with Crippen molar-refractivity contribution in [2.75, 3.05) is 4.90 Å². The largest absolute Gasteiger partial charge is 0.490 e. The molecule has 0 radical (unpaired) electrons. The highest BCUT2D eigenvalue weighted by Gasteiger charge is 2.37. The van der Waals surface area contributed by atoms with Crippen LogP contribution in [0.4, 0.5) is 10.5 Å². The molecule has 3 rings (SSSR count). The van der Waals surface area contributed by atoms with Gasteiger partial charge in [-0.2, -0.15) is 0 Å². The van der Waals surface area contributed by atoms with E-state index in [0.717, 1.165) is 13.8 Å². The van der Waals surface area contributed by atoms with E-state index in [-0.39, 0.29) is 11.7 Å². The number of amides is 4. The van der Waals surface area contributed by atoms with Gasteiger partial charge in [0, 0.05) is 14.5 Å². The first-order valence-corrected chi connectivity index (χ1v) is 10.4. The van der Waals surface area contributed by atoms with E-state index in [1.165, 1.54) is 6.08 Å². The fourth-order valence-corrected chi connectivity index (χ4v) is 3.75. The Morgan fingerprint density at radius 1 is 1.03 bits per heavy atom. The highest BCUT2D eigenvalue weighted by Crippen LogP contribution is 2.30. The maximum atomic E-state index is 13.1. The van der Waals surface area contributed by atoms with E-state index in [1.54, 1.807) is 37.3 Å². The van der Waals surface area contributed by atoms with E-state index in [0.29, 0.717) is 22.6 Å². The molecule has 1 saturated heterocycles. The van der Waals surface area contributed by atoms with Gasteiger partial charge in [0.15, 0.2) is 0 Å². The summed E-state index contributed by atoms with van der Waals surface area (Å²) in [6.45, 7) is 5.55. The lowest BCUT2D eigenvalue weighted by atomic mass is 10.0. The smallest absolute Gasteiger partial charge is 0.335 e. The number of carbonyl (C=O) groups excluding carboxylic acids is 3. The fraction of sp³-hybridized carbons (Fsp3) is 0.190. The summed E-state index contributed by atoms with van der Waals surface area (Å²) in [6.07, 6.45) is 1.35. The van der Waals surface area contributed by atoms with E-state index in [4.69, 9.17) is 4.74 Å². The molecule has 150 valence electrons. The second-order valence-electron chi connectivity index (χ2n) is 6.74.